The molecule has 0 saturated heterocycles. The molecule has 3 rings (SSSR count). The fourth-order valence-electron chi connectivity index (χ4n) is 3.47. The van der Waals surface area contributed by atoms with Gasteiger partial charge < -0.3 is 9.57 Å². The Balaban J connectivity index is 1.69. The molecule has 3 aromatic rings. The third-order valence-corrected chi connectivity index (χ3v) is 7.14. The lowest BCUT2D eigenvalue weighted by molar-refractivity contribution is -0.165. The summed E-state index contributed by atoms with van der Waals surface area (Å²) in [5.41, 5.74) is 1.79. The summed E-state index contributed by atoms with van der Waals surface area (Å²) in [5, 5.41) is 3.90. The predicted octanol–water partition coefficient (Wildman–Crippen LogP) is 7.07. The van der Waals surface area contributed by atoms with Gasteiger partial charge in [0.25, 0.3) is 0 Å². The quantitative estimate of drug-likeness (QED) is 0.108. The maximum Gasteiger partial charge on any atom is 0.365 e. The number of carbonyl (C=O) groups is 3. The van der Waals surface area contributed by atoms with Crippen LogP contribution in [0.4, 0.5) is 0 Å². The summed E-state index contributed by atoms with van der Waals surface area (Å²) in [6.45, 7) is 7.09. The molecule has 0 atom stereocenters. The van der Waals surface area contributed by atoms with Crippen molar-refractivity contribution in [3.05, 3.63) is 95.1 Å². The Labute approximate surface area is 228 Å². The number of carbonyl (C=O) groups excluding carboxylic acids is 3. The topological polar surface area (TPSA) is 82.0 Å². The highest BCUT2D eigenvalue weighted by molar-refractivity contribution is 7.99. The van der Waals surface area contributed by atoms with Crippen molar-refractivity contribution in [2.24, 2.45) is 5.16 Å². The lowest BCUT2D eigenvalue weighted by atomic mass is 9.99. The van der Waals surface area contributed by atoms with Gasteiger partial charge in [0.2, 0.25) is 5.78 Å². The van der Waals surface area contributed by atoms with E-state index in [9.17, 15) is 14.4 Å². The minimum absolute atomic E-state index is 0.000445. The van der Waals surface area contributed by atoms with Gasteiger partial charge in [-0.1, -0.05) is 54.5 Å². The van der Waals surface area contributed by atoms with Crippen LogP contribution in [0.25, 0.3) is 0 Å². The first kappa shape index (κ1) is 29.0. The predicted molar refractivity (Wildman–Crippen MR) is 150 cm³/mol. The normalized spacial score (nSPS) is 11.8. The molecule has 0 amide bonds. The summed E-state index contributed by atoms with van der Waals surface area (Å²) in [5.74, 6) is -0.947. The number of methoxy groups -OCH3 is 1. The van der Waals surface area contributed by atoms with Crippen LogP contribution in [-0.4, -0.2) is 36.0 Å². The average Bonchev–Trinajstić information content (AvgIpc) is 2.93. The van der Waals surface area contributed by atoms with E-state index in [1.165, 1.54) is 18.9 Å². The number of nitrogens with zero attached hydrogens (tertiary/aromatic N) is 1. The third kappa shape index (κ3) is 7.49. The molecule has 3 aromatic carbocycles. The fraction of sp³-hybridized carbons (Fsp3) is 0.290. The van der Waals surface area contributed by atoms with Gasteiger partial charge in [-0.25, -0.2) is 4.79 Å². The van der Waals surface area contributed by atoms with E-state index in [1.807, 2.05) is 74.5 Å². The van der Waals surface area contributed by atoms with Gasteiger partial charge in [-0.15, -0.1) is 0 Å². The summed E-state index contributed by atoms with van der Waals surface area (Å²) >= 11 is 1.53. The van der Waals surface area contributed by atoms with E-state index in [-0.39, 0.29) is 17.3 Å². The number of hydrogen-bond acceptors (Lipinski definition) is 7. The van der Waals surface area contributed by atoms with Gasteiger partial charge in [0.15, 0.2) is 11.4 Å². The molecule has 0 heterocycles. The molecule has 6 nitrogen and oxygen atoms in total. The highest BCUT2D eigenvalue weighted by Crippen LogP contribution is 2.29. The molecule has 0 unspecified atom stereocenters. The van der Waals surface area contributed by atoms with Crippen molar-refractivity contribution in [2.75, 3.05) is 7.11 Å². The summed E-state index contributed by atoms with van der Waals surface area (Å²) < 4.78 is 5.12. The van der Waals surface area contributed by atoms with E-state index in [0.717, 1.165) is 28.2 Å². The molecule has 198 valence electrons. The zero-order valence-electron chi connectivity index (χ0n) is 22.4. The van der Waals surface area contributed by atoms with E-state index in [2.05, 4.69) is 5.16 Å². The van der Waals surface area contributed by atoms with Gasteiger partial charge in [0.1, 0.15) is 5.71 Å². The van der Waals surface area contributed by atoms with Crippen LogP contribution < -0.4 is 0 Å². The molecular weight excluding hydrogens is 498 g/mol. The number of Topliss-reactive ketones (excluding diaryl/α,β-unsaturated/α-hetero) is 1. The number of hydrogen-bond donors (Lipinski definition) is 0. The molecule has 0 aromatic heterocycles. The highest BCUT2D eigenvalue weighted by atomic mass is 32.2. The van der Waals surface area contributed by atoms with Gasteiger partial charge in [-0.2, -0.15) is 0 Å². The smallest absolute Gasteiger partial charge is 0.365 e. The van der Waals surface area contributed by atoms with Crippen molar-refractivity contribution >= 4 is 35.0 Å². The SMILES string of the molecule is CCCC/C(=N\OC(=O)C(C)(C)OC)C(=O)c1ccc(Sc2ccc(C(=O)c3ccccc3C)cc2)cc1. The molecule has 0 aliphatic carbocycles. The Morgan fingerprint density at radius 1 is 0.868 bits per heavy atom. The van der Waals surface area contributed by atoms with E-state index in [4.69, 9.17) is 9.57 Å². The van der Waals surface area contributed by atoms with Gasteiger partial charge >= 0.3 is 5.97 Å². The largest absolute Gasteiger partial charge is 0.367 e. The Hall–Kier alpha value is -3.55. The van der Waals surface area contributed by atoms with Gasteiger partial charge in [-0.05, 0) is 87.7 Å². The van der Waals surface area contributed by atoms with Crippen molar-refractivity contribution in [1.82, 2.24) is 0 Å². The summed E-state index contributed by atoms with van der Waals surface area (Å²) in [6, 6.07) is 22.3. The standard InChI is InChI=1S/C31H33NO5S/c1-6-7-12-27(32-37-30(35)31(3,4)36-5)29(34)23-15-19-25(20-16-23)38-24-17-13-22(14-18-24)28(33)26-11-9-8-10-21(26)2/h8-11,13-20H,6-7,12H2,1-5H3/b32-27+. The van der Waals surface area contributed by atoms with E-state index in [1.54, 1.807) is 26.0 Å². The summed E-state index contributed by atoms with van der Waals surface area (Å²) in [4.78, 5) is 45.1. The molecule has 0 bridgehead atoms. The number of aryl methyl sites for hydroxylation is 1. The van der Waals surface area contributed by atoms with Gasteiger partial charge in [0, 0.05) is 33.6 Å². The van der Waals surface area contributed by atoms with Crippen LogP contribution in [-0.2, 0) is 14.4 Å². The Morgan fingerprint density at radius 2 is 1.45 bits per heavy atom. The lowest BCUT2D eigenvalue weighted by Gasteiger charge is -2.18. The number of ether oxygens (including phenoxy) is 1. The molecule has 0 aliphatic heterocycles. The molecule has 0 spiro atoms. The van der Waals surface area contributed by atoms with E-state index in [0.29, 0.717) is 23.1 Å². The van der Waals surface area contributed by atoms with E-state index < -0.39 is 11.6 Å². The zero-order chi connectivity index (χ0) is 27.7. The number of benzene rings is 3. The van der Waals surface area contributed by atoms with Crippen molar-refractivity contribution < 1.29 is 24.0 Å². The number of oxime groups is 1. The molecule has 0 N–H and O–H groups in total. The lowest BCUT2D eigenvalue weighted by Crippen LogP contribution is -2.35. The number of ketones is 2. The molecule has 0 radical (unpaired) electrons. The zero-order valence-corrected chi connectivity index (χ0v) is 23.3. The molecule has 7 heteroatoms. The molecule has 0 aliphatic rings. The van der Waals surface area contributed by atoms with Crippen LogP contribution in [0.15, 0.2) is 87.7 Å². The Kier molecular flexibility index (Phi) is 10.2. The maximum atomic E-state index is 13.1. The fourth-order valence-corrected chi connectivity index (χ4v) is 4.29. The molecule has 38 heavy (non-hydrogen) atoms. The number of rotatable bonds is 12. The van der Waals surface area contributed by atoms with Crippen LogP contribution in [0.1, 0.15) is 71.9 Å². The second kappa shape index (κ2) is 13.3. The van der Waals surface area contributed by atoms with Crippen molar-refractivity contribution in [1.29, 1.82) is 0 Å². The minimum atomic E-state index is -1.16. The van der Waals surface area contributed by atoms with Crippen molar-refractivity contribution in [2.45, 2.75) is 62.3 Å². The Morgan fingerprint density at radius 3 is 2.00 bits per heavy atom. The highest BCUT2D eigenvalue weighted by Gasteiger charge is 2.30. The molecule has 0 fully saturated rings. The molecule has 0 saturated carbocycles. The van der Waals surface area contributed by atoms with Gasteiger partial charge in [0.05, 0.1) is 0 Å². The minimum Gasteiger partial charge on any atom is -0.367 e. The van der Waals surface area contributed by atoms with Gasteiger partial charge in [-0.3, -0.25) is 9.59 Å². The van der Waals surface area contributed by atoms with Crippen LogP contribution in [0, 0.1) is 6.92 Å². The first-order chi connectivity index (χ1) is 18.2. The van der Waals surface area contributed by atoms with Crippen LogP contribution >= 0.6 is 11.8 Å². The molecular formula is C31H33NO5S. The first-order valence-electron chi connectivity index (χ1n) is 12.5. The second-order valence-electron chi connectivity index (χ2n) is 9.36. The van der Waals surface area contributed by atoms with Crippen molar-refractivity contribution in [3.63, 3.8) is 0 Å². The summed E-state index contributed by atoms with van der Waals surface area (Å²) in [6.07, 6.45) is 2.01. The second-order valence-corrected chi connectivity index (χ2v) is 10.5. The first-order valence-corrected chi connectivity index (χ1v) is 13.3. The average molecular weight is 532 g/mol. The van der Waals surface area contributed by atoms with Crippen LogP contribution in [0.3, 0.4) is 0 Å². The maximum absolute atomic E-state index is 13.1. The summed E-state index contributed by atoms with van der Waals surface area (Å²) in [7, 11) is 1.41. The van der Waals surface area contributed by atoms with Crippen LogP contribution in [0.5, 0.6) is 0 Å². The van der Waals surface area contributed by atoms with Crippen molar-refractivity contribution in [3.8, 4) is 0 Å². The van der Waals surface area contributed by atoms with Crippen LogP contribution in [0.2, 0.25) is 0 Å². The Bertz CT molecular complexity index is 1310. The van der Waals surface area contributed by atoms with E-state index >= 15 is 0 Å². The monoisotopic (exact) mass is 531 g/mol. The third-order valence-electron chi connectivity index (χ3n) is 6.13. The number of unbranched alkanes of at least 4 members (excludes halogenated alkanes) is 1.